The number of fused-ring (bicyclic) bond motifs is 1. The molecule has 6 heteroatoms. The van der Waals surface area contributed by atoms with Crippen LogP contribution in [0.25, 0.3) is 16.5 Å². The van der Waals surface area contributed by atoms with E-state index in [0.717, 1.165) is 54.8 Å². The van der Waals surface area contributed by atoms with E-state index in [4.69, 9.17) is 5.10 Å². The fraction of sp³-hybridized carbons (Fsp3) is 0.261. The van der Waals surface area contributed by atoms with Gasteiger partial charge in [-0.3, -0.25) is 14.9 Å². The van der Waals surface area contributed by atoms with Crippen LogP contribution in [0.5, 0.6) is 0 Å². The topological polar surface area (TPSA) is 66.8 Å². The molecule has 2 aromatic heterocycles. The average Bonchev–Trinajstić information content (AvgIpc) is 3.16. The molecule has 1 atom stereocenters. The molecule has 3 heterocycles. The van der Waals surface area contributed by atoms with Crippen molar-refractivity contribution in [3.63, 3.8) is 0 Å². The van der Waals surface area contributed by atoms with Gasteiger partial charge in [-0.15, -0.1) is 5.10 Å². The van der Waals surface area contributed by atoms with E-state index in [9.17, 15) is 4.79 Å². The summed E-state index contributed by atoms with van der Waals surface area (Å²) in [6.45, 7) is 2.91. The second kappa shape index (κ2) is 7.64. The number of hydrogen-bond donors (Lipinski definition) is 1. The van der Waals surface area contributed by atoms with E-state index in [1.165, 1.54) is 10.2 Å². The lowest BCUT2D eigenvalue weighted by Gasteiger charge is -2.31. The summed E-state index contributed by atoms with van der Waals surface area (Å²) in [5.74, 6) is 1.01. The van der Waals surface area contributed by atoms with Crippen LogP contribution < -0.4 is 5.69 Å². The third kappa shape index (κ3) is 3.59. The Labute approximate surface area is 168 Å². The predicted molar refractivity (Wildman–Crippen MR) is 113 cm³/mol. The first-order valence-corrected chi connectivity index (χ1v) is 10.1. The molecule has 146 valence electrons. The Bertz CT molecular complexity index is 1180. The first-order valence-electron chi connectivity index (χ1n) is 10.1. The number of H-pyrrole nitrogens is 1. The maximum absolute atomic E-state index is 12.7. The zero-order chi connectivity index (χ0) is 19.6. The molecular weight excluding hydrogens is 362 g/mol. The van der Waals surface area contributed by atoms with Gasteiger partial charge in [-0.1, -0.05) is 42.5 Å². The van der Waals surface area contributed by atoms with Crippen LogP contribution in [0.3, 0.4) is 0 Å². The Kier molecular flexibility index (Phi) is 4.69. The SMILES string of the molecule is O=c1[nH]c(C2CCCN(Cc3ccccc3)C2)nn1-c1cccc2cnccc12. The van der Waals surface area contributed by atoms with Crippen molar-refractivity contribution in [1.29, 1.82) is 0 Å². The van der Waals surface area contributed by atoms with Gasteiger partial charge in [-0.2, -0.15) is 4.68 Å². The summed E-state index contributed by atoms with van der Waals surface area (Å²) in [6.07, 6.45) is 5.69. The highest BCUT2D eigenvalue weighted by atomic mass is 16.1. The van der Waals surface area contributed by atoms with Crippen LogP contribution in [0.2, 0.25) is 0 Å². The summed E-state index contributed by atoms with van der Waals surface area (Å²) in [4.78, 5) is 22.4. The van der Waals surface area contributed by atoms with Crippen LogP contribution in [0.15, 0.2) is 71.8 Å². The minimum absolute atomic E-state index is 0.190. The minimum Gasteiger partial charge on any atom is -0.298 e. The van der Waals surface area contributed by atoms with Gasteiger partial charge in [0.05, 0.1) is 5.69 Å². The standard InChI is InChI=1S/C23H23N5O/c29-23-25-22(19-9-5-13-27(16-19)15-17-6-2-1-3-7-17)26-28(23)21-10-4-8-18-14-24-12-11-20(18)21/h1-4,6-8,10-12,14,19H,5,9,13,15-16H2,(H,25,26,29). The van der Waals surface area contributed by atoms with Crippen LogP contribution in [0.1, 0.15) is 30.1 Å². The van der Waals surface area contributed by atoms with Crippen molar-refractivity contribution in [2.45, 2.75) is 25.3 Å². The van der Waals surface area contributed by atoms with E-state index < -0.39 is 0 Å². The molecule has 0 amide bonds. The molecule has 0 aliphatic carbocycles. The molecule has 1 aliphatic rings. The largest absolute Gasteiger partial charge is 0.348 e. The van der Waals surface area contributed by atoms with Crippen molar-refractivity contribution in [2.24, 2.45) is 0 Å². The maximum Gasteiger partial charge on any atom is 0.348 e. The van der Waals surface area contributed by atoms with Crippen molar-refractivity contribution in [2.75, 3.05) is 13.1 Å². The number of nitrogens with zero attached hydrogens (tertiary/aromatic N) is 4. The first-order chi connectivity index (χ1) is 14.3. The molecule has 1 fully saturated rings. The average molecular weight is 385 g/mol. The molecule has 5 rings (SSSR count). The maximum atomic E-state index is 12.7. The van der Waals surface area contributed by atoms with Crippen LogP contribution in [-0.4, -0.2) is 37.7 Å². The van der Waals surface area contributed by atoms with Gasteiger partial charge in [0.25, 0.3) is 0 Å². The van der Waals surface area contributed by atoms with E-state index in [2.05, 4.69) is 39.1 Å². The third-order valence-electron chi connectivity index (χ3n) is 5.66. The van der Waals surface area contributed by atoms with Gasteiger partial charge in [0.2, 0.25) is 0 Å². The molecule has 1 saturated heterocycles. The molecule has 1 N–H and O–H groups in total. The summed E-state index contributed by atoms with van der Waals surface area (Å²) in [5.41, 5.74) is 1.91. The summed E-state index contributed by atoms with van der Waals surface area (Å²) in [6, 6.07) is 18.3. The highest BCUT2D eigenvalue weighted by molar-refractivity contribution is 5.89. The van der Waals surface area contributed by atoms with Crippen molar-refractivity contribution >= 4 is 10.8 Å². The Hall–Kier alpha value is -3.25. The fourth-order valence-electron chi connectivity index (χ4n) is 4.24. The Morgan fingerprint density at radius 1 is 1.07 bits per heavy atom. The monoisotopic (exact) mass is 385 g/mol. The number of benzene rings is 2. The summed E-state index contributed by atoms with van der Waals surface area (Å²) in [7, 11) is 0. The zero-order valence-corrected chi connectivity index (χ0v) is 16.2. The predicted octanol–water partition coefficient (Wildman–Crippen LogP) is 3.49. The number of aromatic amines is 1. The molecule has 0 saturated carbocycles. The highest BCUT2D eigenvalue weighted by Crippen LogP contribution is 2.26. The van der Waals surface area contributed by atoms with Gasteiger partial charge < -0.3 is 0 Å². The molecule has 6 nitrogen and oxygen atoms in total. The molecule has 29 heavy (non-hydrogen) atoms. The lowest BCUT2D eigenvalue weighted by molar-refractivity contribution is 0.196. The van der Waals surface area contributed by atoms with Crippen LogP contribution in [0, 0.1) is 0 Å². The number of likely N-dealkylation sites (tertiary alicyclic amines) is 1. The fourth-order valence-corrected chi connectivity index (χ4v) is 4.24. The Morgan fingerprint density at radius 2 is 1.97 bits per heavy atom. The smallest absolute Gasteiger partial charge is 0.298 e. The molecule has 0 radical (unpaired) electrons. The lowest BCUT2D eigenvalue weighted by atomic mass is 9.97. The zero-order valence-electron chi connectivity index (χ0n) is 16.2. The molecule has 0 spiro atoms. The van der Waals surface area contributed by atoms with Gasteiger partial charge in [-0.25, -0.2) is 4.79 Å². The second-order valence-electron chi connectivity index (χ2n) is 7.66. The van der Waals surface area contributed by atoms with Gasteiger partial charge in [-0.05, 0) is 37.1 Å². The van der Waals surface area contributed by atoms with E-state index in [1.54, 1.807) is 12.4 Å². The van der Waals surface area contributed by atoms with Gasteiger partial charge >= 0.3 is 5.69 Å². The number of rotatable bonds is 4. The summed E-state index contributed by atoms with van der Waals surface area (Å²) in [5, 5.41) is 6.66. The van der Waals surface area contributed by atoms with Gasteiger partial charge in [0.1, 0.15) is 5.82 Å². The summed E-state index contributed by atoms with van der Waals surface area (Å²) < 4.78 is 1.49. The van der Waals surface area contributed by atoms with Crippen molar-refractivity contribution in [3.05, 3.63) is 88.9 Å². The second-order valence-corrected chi connectivity index (χ2v) is 7.66. The molecule has 4 aromatic rings. The van der Waals surface area contributed by atoms with Crippen molar-refractivity contribution in [1.82, 2.24) is 24.6 Å². The lowest BCUT2D eigenvalue weighted by Crippen LogP contribution is -2.34. The molecule has 1 aliphatic heterocycles. The first kappa shape index (κ1) is 17.8. The number of nitrogens with one attached hydrogen (secondary N) is 1. The van der Waals surface area contributed by atoms with Crippen LogP contribution in [0.4, 0.5) is 0 Å². The molecule has 0 bridgehead atoms. The number of pyridine rings is 1. The molecule has 2 aromatic carbocycles. The Balaban J connectivity index is 1.42. The van der Waals surface area contributed by atoms with E-state index in [0.29, 0.717) is 0 Å². The molecular formula is C23H23N5O. The van der Waals surface area contributed by atoms with Gasteiger partial charge in [0.15, 0.2) is 0 Å². The van der Waals surface area contributed by atoms with Crippen LogP contribution >= 0.6 is 0 Å². The number of piperidine rings is 1. The summed E-state index contributed by atoms with van der Waals surface area (Å²) >= 11 is 0. The minimum atomic E-state index is -0.190. The van der Waals surface area contributed by atoms with E-state index in [1.807, 2.05) is 30.3 Å². The van der Waals surface area contributed by atoms with E-state index >= 15 is 0 Å². The Morgan fingerprint density at radius 3 is 2.86 bits per heavy atom. The highest BCUT2D eigenvalue weighted by Gasteiger charge is 2.25. The van der Waals surface area contributed by atoms with Crippen molar-refractivity contribution in [3.8, 4) is 5.69 Å². The molecule has 1 unspecified atom stereocenters. The normalized spacial score (nSPS) is 17.6. The van der Waals surface area contributed by atoms with Crippen LogP contribution in [-0.2, 0) is 6.54 Å². The third-order valence-corrected chi connectivity index (χ3v) is 5.66. The quantitative estimate of drug-likeness (QED) is 0.584. The number of aromatic nitrogens is 4. The van der Waals surface area contributed by atoms with E-state index in [-0.39, 0.29) is 11.6 Å². The van der Waals surface area contributed by atoms with Gasteiger partial charge in [0, 0.05) is 42.2 Å². The number of hydrogen-bond acceptors (Lipinski definition) is 4. The van der Waals surface area contributed by atoms with Crippen molar-refractivity contribution < 1.29 is 0 Å².